The number of likely N-dealkylation sites (N-methyl/N-ethyl adjacent to an activating group) is 1. The fraction of sp³-hybridized carbons (Fsp3) is 0.556. The van der Waals surface area contributed by atoms with Crippen LogP contribution in [-0.2, 0) is 9.59 Å². The first-order valence-corrected chi connectivity index (χ1v) is 8.91. The van der Waals surface area contributed by atoms with Crippen LogP contribution < -0.4 is 15.4 Å². The number of carbonyl (C=O) groups is 2. The van der Waals surface area contributed by atoms with E-state index in [1.54, 1.807) is 24.3 Å². The monoisotopic (exact) mass is 352 g/mol. The summed E-state index contributed by atoms with van der Waals surface area (Å²) in [6, 6.07) is 7.06. The van der Waals surface area contributed by atoms with E-state index in [1.165, 1.54) is 0 Å². The van der Waals surface area contributed by atoms with Crippen LogP contribution in [0, 0.1) is 0 Å². The zero-order chi connectivity index (χ0) is 17.4. The van der Waals surface area contributed by atoms with Crippen LogP contribution in [0.2, 0.25) is 5.02 Å². The van der Waals surface area contributed by atoms with Gasteiger partial charge >= 0.3 is 0 Å². The topological polar surface area (TPSA) is 67.4 Å². The smallest absolute Gasteiger partial charge is 0.245 e. The molecule has 6 heteroatoms. The number of amides is 2. The summed E-state index contributed by atoms with van der Waals surface area (Å²) >= 11 is 5.89. The Balaban J connectivity index is 1.87. The first-order valence-electron chi connectivity index (χ1n) is 8.53. The van der Waals surface area contributed by atoms with E-state index in [9.17, 15) is 9.59 Å². The third kappa shape index (κ3) is 5.13. The van der Waals surface area contributed by atoms with Gasteiger partial charge in [-0.3, -0.25) is 9.59 Å². The highest BCUT2D eigenvalue weighted by atomic mass is 35.5. The molecule has 0 aromatic heterocycles. The Bertz CT molecular complexity index is 571. The number of halogens is 1. The summed E-state index contributed by atoms with van der Waals surface area (Å²) in [4.78, 5) is 24.7. The maximum atomic E-state index is 12.4. The third-order valence-corrected chi connectivity index (χ3v) is 4.49. The van der Waals surface area contributed by atoms with Gasteiger partial charge < -0.3 is 15.4 Å². The van der Waals surface area contributed by atoms with Crippen molar-refractivity contribution in [1.82, 2.24) is 10.6 Å². The lowest BCUT2D eigenvalue weighted by Crippen LogP contribution is -2.59. The molecule has 1 aromatic carbocycles. The van der Waals surface area contributed by atoms with Crippen molar-refractivity contribution in [2.24, 2.45) is 0 Å². The van der Waals surface area contributed by atoms with Gasteiger partial charge in [0.15, 0.2) is 0 Å². The highest BCUT2D eigenvalue weighted by molar-refractivity contribution is 6.30. The molecule has 132 valence electrons. The second-order valence-corrected chi connectivity index (χ2v) is 6.54. The third-order valence-electron chi connectivity index (χ3n) is 4.25. The number of ether oxygens (including phenoxy) is 1. The van der Waals surface area contributed by atoms with Crippen LogP contribution >= 0.6 is 11.6 Å². The van der Waals surface area contributed by atoms with Gasteiger partial charge in [0.1, 0.15) is 11.3 Å². The molecule has 0 unspecified atom stereocenters. The molecule has 24 heavy (non-hydrogen) atoms. The molecule has 1 saturated carbocycles. The molecule has 1 aromatic rings. The van der Waals surface area contributed by atoms with Gasteiger partial charge in [-0.15, -0.1) is 0 Å². The predicted molar refractivity (Wildman–Crippen MR) is 94.2 cm³/mol. The molecule has 1 fully saturated rings. The molecule has 2 amide bonds. The largest absolute Gasteiger partial charge is 0.493 e. The van der Waals surface area contributed by atoms with Gasteiger partial charge in [0.2, 0.25) is 11.8 Å². The fourth-order valence-corrected chi connectivity index (χ4v) is 3.22. The van der Waals surface area contributed by atoms with E-state index in [0.717, 1.165) is 19.3 Å². The van der Waals surface area contributed by atoms with Crippen LogP contribution in [0.3, 0.4) is 0 Å². The number of hydrogen-bond donors (Lipinski definition) is 2. The summed E-state index contributed by atoms with van der Waals surface area (Å²) in [5, 5.41) is 6.40. The average molecular weight is 353 g/mol. The van der Waals surface area contributed by atoms with Gasteiger partial charge in [-0.05, 0) is 38.0 Å². The minimum Gasteiger partial charge on any atom is -0.493 e. The van der Waals surface area contributed by atoms with E-state index in [-0.39, 0.29) is 24.8 Å². The Morgan fingerprint density at radius 3 is 2.67 bits per heavy atom. The van der Waals surface area contributed by atoms with Gasteiger partial charge in [-0.2, -0.15) is 0 Å². The molecule has 0 heterocycles. The Morgan fingerprint density at radius 1 is 1.25 bits per heavy atom. The quantitative estimate of drug-likeness (QED) is 0.792. The van der Waals surface area contributed by atoms with E-state index in [0.29, 0.717) is 30.2 Å². The second kappa shape index (κ2) is 8.92. The standard InChI is InChI=1S/C18H25ClN2O3/c1-2-20-17(23)18(10-4-3-5-11-18)21-16(22)9-12-24-15-8-6-7-14(19)13-15/h6-8,13H,2-5,9-12H2,1H3,(H,20,23)(H,21,22). The van der Waals surface area contributed by atoms with Gasteiger partial charge in [0.05, 0.1) is 13.0 Å². The van der Waals surface area contributed by atoms with E-state index in [4.69, 9.17) is 16.3 Å². The van der Waals surface area contributed by atoms with E-state index < -0.39 is 5.54 Å². The van der Waals surface area contributed by atoms with E-state index in [2.05, 4.69) is 10.6 Å². The lowest BCUT2D eigenvalue weighted by Gasteiger charge is -2.36. The Labute approximate surface area is 148 Å². The van der Waals surface area contributed by atoms with Crippen LogP contribution in [0.15, 0.2) is 24.3 Å². The minimum atomic E-state index is -0.763. The molecule has 2 rings (SSSR count). The van der Waals surface area contributed by atoms with Crippen LogP contribution in [0.4, 0.5) is 0 Å². The fourth-order valence-electron chi connectivity index (χ4n) is 3.04. The summed E-state index contributed by atoms with van der Waals surface area (Å²) in [7, 11) is 0. The molecule has 0 bridgehead atoms. The summed E-state index contributed by atoms with van der Waals surface area (Å²) in [5.74, 6) is 0.394. The highest BCUT2D eigenvalue weighted by Gasteiger charge is 2.40. The molecule has 1 aliphatic carbocycles. The maximum Gasteiger partial charge on any atom is 0.245 e. The molecule has 5 nitrogen and oxygen atoms in total. The number of nitrogens with one attached hydrogen (secondary N) is 2. The average Bonchev–Trinajstić information content (AvgIpc) is 2.56. The van der Waals surface area contributed by atoms with Crippen molar-refractivity contribution in [2.75, 3.05) is 13.2 Å². The van der Waals surface area contributed by atoms with E-state index >= 15 is 0 Å². The SMILES string of the molecule is CCNC(=O)C1(NC(=O)CCOc2cccc(Cl)c2)CCCCC1. The first-order chi connectivity index (χ1) is 11.6. The Hall–Kier alpha value is -1.75. The predicted octanol–water partition coefficient (Wildman–Crippen LogP) is 3.06. The molecular formula is C18H25ClN2O3. The van der Waals surface area contributed by atoms with Gasteiger partial charge in [0, 0.05) is 11.6 Å². The van der Waals surface area contributed by atoms with Gasteiger partial charge in [0.25, 0.3) is 0 Å². The summed E-state index contributed by atoms with van der Waals surface area (Å²) in [5.41, 5.74) is -0.763. The minimum absolute atomic E-state index is 0.0752. The number of benzene rings is 1. The van der Waals surface area contributed by atoms with Crippen molar-refractivity contribution in [3.63, 3.8) is 0 Å². The van der Waals surface area contributed by atoms with Crippen LogP contribution in [0.5, 0.6) is 5.75 Å². The molecule has 0 atom stereocenters. The first kappa shape index (κ1) is 18.6. The molecule has 2 N–H and O–H groups in total. The van der Waals surface area contributed by atoms with Crippen molar-refractivity contribution < 1.29 is 14.3 Å². The zero-order valence-corrected chi connectivity index (χ0v) is 14.8. The number of carbonyl (C=O) groups excluding carboxylic acids is 2. The van der Waals surface area contributed by atoms with Crippen molar-refractivity contribution in [3.05, 3.63) is 29.3 Å². The molecule has 0 saturated heterocycles. The zero-order valence-electron chi connectivity index (χ0n) is 14.1. The second-order valence-electron chi connectivity index (χ2n) is 6.11. The van der Waals surface area contributed by atoms with E-state index in [1.807, 2.05) is 6.92 Å². The lowest BCUT2D eigenvalue weighted by atomic mass is 9.80. The molecular weight excluding hydrogens is 328 g/mol. The number of rotatable bonds is 7. The van der Waals surface area contributed by atoms with Crippen LogP contribution in [0.1, 0.15) is 45.4 Å². The van der Waals surface area contributed by atoms with Crippen molar-refractivity contribution >= 4 is 23.4 Å². The van der Waals surface area contributed by atoms with Gasteiger partial charge in [-0.25, -0.2) is 0 Å². The Morgan fingerprint density at radius 2 is 2.00 bits per heavy atom. The van der Waals surface area contributed by atoms with Gasteiger partial charge in [-0.1, -0.05) is 36.9 Å². The summed E-state index contributed by atoms with van der Waals surface area (Å²) < 4.78 is 5.54. The highest BCUT2D eigenvalue weighted by Crippen LogP contribution is 2.28. The van der Waals surface area contributed by atoms with Crippen LogP contribution in [-0.4, -0.2) is 30.5 Å². The molecule has 0 radical (unpaired) electrons. The van der Waals surface area contributed by atoms with Crippen molar-refractivity contribution in [1.29, 1.82) is 0 Å². The van der Waals surface area contributed by atoms with Crippen molar-refractivity contribution in [3.8, 4) is 5.75 Å². The Kier molecular flexibility index (Phi) is 6.91. The maximum absolute atomic E-state index is 12.4. The number of hydrogen-bond acceptors (Lipinski definition) is 3. The van der Waals surface area contributed by atoms with Crippen LogP contribution in [0.25, 0.3) is 0 Å². The normalized spacial score (nSPS) is 16.2. The lowest BCUT2D eigenvalue weighted by molar-refractivity contribution is -0.135. The molecule has 1 aliphatic rings. The van der Waals surface area contributed by atoms with Crippen molar-refractivity contribution in [2.45, 2.75) is 51.0 Å². The summed E-state index contributed by atoms with van der Waals surface area (Å²) in [6.07, 6.45) is 4.61. The summed E-state index contributed by atoms with van der Waals surface area (Å²) in [6.45, 7) is 2.70. The molecule has 0 spiro atoms. The molecule has 0 aliphatic heterocycles.